The highest BCUT2D eigenvalue weighted by molar-refractivity contribution is 6.02. The average molecular weight is 359 g/mol. The van der Waals surface area contributed by atoms with Crippen molar-refractivity contribution in [3.8, 4) is 0 Å². The Kier molecular flexibility index (Phi) is 4.08. The van der Waals surface area contributed by atoms with Gasteiger partial charge in [-0.25, -0.2) is 0 Å². The van der Waals surface area contributed by atoms with Crippen LogP contribution in [-0.2, 0) is 6.54 Å². The van der Waals surface area contributed by atoms with Gasteiger partial charge in [0, 0.05) is 23.0 Å². The van der Waals surface area contributed by atoms with Gasteiger partial charge in [-0.3, -0.25) is 14.9 Å². The van der Waals surface area contributed by atoms with Crippen LogP contribution < -0.4 is 10.9 Å². The highest BCUT2D eigenvalue weighted by Gasteiger charge is 2.25. The van der Waals surface area contributed by atoms with Crippen LogP contribution in [0.4, 0.5) is 17.1 Å². The maximum absolute atomic E-state index is 12.8. The molecule has 3 aromatic carbocycles. The number of hydrogen-bond donors (Lipinski definition) is 1. The van der Waals surface area contributed by atoms with Crippen molar-refractivity contribution in [2.45, 2.75) is 13.5 Å². The van der Waals surface area contributed by atoms with Crippen LogP contribution >= 0.6 is 0 Å². The Morgan fingerprint density at radius 3 is 2.37 bits per heavy atom. The summed E-state index contributed by atoms with van der Waals surface area (Å²) in [5.41, 5.74) is 0.558. The first-order valence-electron chi connectivity index (χ1n) is 8.66. The van der Waals surface area contributed by atoms with Crippen molar-refractivity contribution in [2.75, 3.05) is 5.32 Å². The molecule has 0 atom stereocenters. The summed E-state index contributed by atoms with van der Waals surface area (Å²) in [7, 11) is 0. The minimum Gasteiger partial charge on any atom is -0.349 e. The van der Waals surface area contributed by atoms with E-state index in [9.17, 15) is 14.9 Å². The second-order valence-corrected chi connectivity index (χ2v) is 6.20. The topological polar surface area (TPSA) is 77.2 Å². The standard InChI is InChI=1S/C21H17N3O3/c1-2-23-18-13-6-5-11-16(18)19(20(21(23)25)24(26)27)22-17-12-7-9-14-8-3-4-10-15(14)17/h3-13,22H,2H2,1H3. The van der Waals surface area contributed by atoms with Gasteiger partial charge in [0.1, 0.15) is 5.69 Å². The van der Waals surface area contributed by atoms with Gasteiger partial charge in [0.2, 0.25) is 0 Å². The molecule has 0 aliphatic rings. The smallest absolute Gasteiger partial charge is 0.349 e. The summed E-state index contributed by atoms with van der Waals surface area (Å²) in [6.07, 6.45) is 0. The van der Waals surface area contributed by atoms with Crippen LogP contribution in [0.25, 0.3) is 21.7 Å². The second kappa shape index (κ2) is 6.57. The zero-order valence-corrected chi connectivity index (χ0v) is 14.7. The van der Waals surface area contributed by atoms with Crippen molar-refractivity contribution in [1.29, 1.82) is 0 Å². The largest absolute Gasteiger partial charge is 0.357 e. The van der Waals surface area contributed by atoms with Gasteiger partial charge in [0.25, 0.3) is 0 Å². The number of nitro groups is 1. The van der Waals surface area contributed by atoms with Gasteiger partial charge in [-0.15, -0.1) is 0 Å². The lowest BCUT2D eigenvalue weighted by molar-refractivity contribution is -0.385. The van der Waals surface area contributed by atoms with Crippen molar-refractivity contribution >= 4 is 38.7 Å². The number of anilines is 2. The van der Waals surface area contributed by atoms with Crippen LogP contribution in [0.15, 0.2) is 71.5 Å². The molecule has 6 nitrogen and oxygen atoms in total. The molecule has 134 valence electrons. The second-order valence-electron chi connectivity index (χ2n) is 6.20. The molecule has 1 N–H and O–H groups in total. The summed E-state index contributed by atoms with van der Waals surface area (Å²) >= 11 is 0. The predicted octanol–water partition coefficient (Wildman–Crippen LogP) is 4.83. The predicted molar refractivity (Wildman–Crippen MR) is 108 cm³/mol. The van der Waals surface area contributed by atoms with Crippen LogP contribution in [0.2, 0.25) is 0 Å². The lowest BCUT2D eigenvalue weighted by Gasteiger charge is -2.15. The number of rotatable bonds is 4. The molecule has 1 aromatic heterocycles. The number of para-hydroxylation sites is 1. The molecule has 6 heteroatoms. The molecule has 1 heterocycles. The number of nitrogens with zero attached hydrogens (tertiary/aromatic N) is 2. The first kappa shape index (κ1) is 16.8. The van der Waals surface area contributed by atoms with Crippen molar-refractivity contribution in [2.24, 2.45) is 0 Å². The van der Waals surface area contributed by atoms with Crippen LogP contribution in [-0.4, -0.2) is 9.49 Å². The molecule has 0 radical (unpaired) electrons. The fraction of sp³-hybridized carbons (Fsp3) is 0.0952. The molecule has 27 heavy (non-hydrogen) atoms. The first-order chi connectivity index (χ1) is 13.1. The zero-order chi connectivity index (χ0) is 19.0. The van der Waals surface area contributed by atoms with E-state index >= 15 is 0 Å². The van der Waals surface area contributed by atoms with E-state index in [-0.39, 0.29) is 5.69 Å². The van der Waals surface area contributed by atoms with E-state index in [1.807, 2.05) is 54.6 Å². The summed E-state index contributed by atoms with van der Waals surface area (Å²) in [5, 5.41) is 17.5. The molecule has 0 saturated carbocycles. The van der Waals surface area contributed by atoms with E-state index in [0.717, 1.165) is 16.5 Å². The van der Waals surface area contributed by atoms with E-state index < -0.39 is 16.2 Å². The summed E-state index contributed by atoms with van der Waals surface area (Å²) in [4.78, 5) is 24.0. The number of nitrogens with one attached hydrogen (secondary N) is 1. The van der Waals surface area contributed by atoms with E-state index in [1.54, 1.807) is 19.1 Å². The summed E-state index contributed by atoms with van der Waals surface area (Å²) in [5.74, 6) is 0. The maximum Gasteiger partial charge on any atom is 0.357 e. The molecule has 0 aliphatic heterocycles. The normalized spacial score (nSPS) is 11.0. The number of pyridine rings is 1. The van der Waals surface area contributed by atoms with Gasteiger partial charge in [-0.2, -0.15) is 0 Å². The molecule has 0 bridgehead atoms. The van der Waals surface area contributed by atoms with Crippen LogP contribution in [0.1, 0.15) is 6.92 Å². The maximum atomic E-state index is 12.8. The number of fused-ring (bicyclic) bond motifs is 2. The Balaban J connectivity index is 2.05. The van der Waals surface area contributed by atoms with Gasteiger partial charge in [-0.05, 0) is 24.4 Å². The summed E-state index contributed by atoms with van der Waals surface area (Å²) in [6, 6.07) is 20.7. The fourth-order valence-corrected chi connectivity index (χ4v) is 3.47. The van der Waals surface area contributed by atoms with Gasteiger partial charge in [-0.1, -0.05) is 54.6 Å². The third-order valence-electron chi connectivity index (χ3n) is 4.70. The minimum absolute atomic E-state index is 0.224. The Morgan fingerprint density at radius 2 is 1.63 bits per heavy atom. The van der Waals surface area contributed by atoms with Gasteiger partial charge < -0.3 is 9.88 Å². The Morgan fingerprint density at radius 1 is 0.963 bits per heavy atom. The monoisotopic (exact) mass is 359 g/mol. The fourth-order valence-electron chi connectivity index (χ4n) is 3.47. The molecule has 4 rings (SSSR count). The number of aryl methyl sites for hydroxylation is 1. The number of benzene rings is 3. The Labute approximate surface area is 154 Å². The van der Waals surface area contributed by atoms with Crippen molar-refractivity contribution < 1.29 is 4.92 Å². The minimum atomic E-state index is -0.607. The molecule has 0 fully saturated rings. The third kappa shape index (κ3) is 2.71. The zero-order valence-electron chi connectivity index (χ0n) is 14.7. The SMILES string of the molecule is CCn1c(=O)c([N+](=O)[O-])c(Nc2cccc3ccccc23)c2ccccc21. The van der Waals surface area contributed by atoms with E-state index in [0.29, 0.717) is 17.4 Å². The van der Waals surface area contributed by atoms with Crippen molar-refractivity contribution in [3.05, 3.63) is 87.2 Å². The average Bonchev–Trinajstić information content (AvgIpc) is 2.68. The van der Waals surface area contributed by atoms with Crippen molar-refractivity contribution in [1.82, 2.24) is 4.57 Å². The lowest BCUT2D eigenvalue weighted by Crippen LogP contribution is -2.23. The van der Waals surface area contributed by atoms with E-state index in [1.165, 1.54) is 4.57 Å². The molecular formula is C21H17N3O3. The molecule has 0 amide bonds. The van der Waals surface area contributed by atoms with Crippen LogP contribution in [0.3, 0.4) is 0 Å². The Hall–Kier alpha value is -3.67. The quantitative estimate of drug-likeness (QED) is 0.418. The Bertz CT molecular complexity index is 1240. The van der Waals surface area contributed by atoms with Crippen LogP contribution in [0.5, 0.6) is 0 Å². The van der Waals surface area contributed by atoms with Gasteiger partial charge in [0.05, 0.1) is 10.4 Å². The van der Waals surface area contributed by atoms with Crippen molar-refractivity contribution in [3.63, 3.8) is 0 Å². The molecule has 0 aliphatic carbocycles. The molecular weight excluding hydrogens is 342 g/mol. The first-order valence-corrected chi connectivity index (χ1v) is 8.66. The third-order valence-corrected chi connectivity index (χ3v) is 4.70. The summed E-state index contributed by atoms with van der Waals surface area (Å²) < 4.78 is 1.43. The van der Waals surface area contributed by atoms with Gasteiger partial charge >= 0.3 is 11.2 Å². The summed E-state index contributed by atoms with van der Waals surface area (Å²) in [6.45, 7) is 2.16. The van der Waals surface area contributed by atoms with Crippen LogP contribution in [0, 0.1) is 10.1 Å². The number of aromatic nitrogens is 1. The molecule has 0 spiro atoms. The highest BCUT2D eigenvalue weighted by Crippen LogP contribution is 2.35. The molecule has 4 aromatic rings. The van der Waals surface area contributed by atoms with E-state index in [4.69, 9.17) is 0 Å². The molecule has 0 unspecified atom stereocenters. The number of hydrogen-bond acceptors (Lipinski definition) is 4. The molecule has 0 saturated heterocycles. The van der Waals surface area contributed by atoms with Gasteiger partial charge in [0.15, 0.2) is 0 Å². The lowest BCUT2D eigenvalue weighted by atomic mass is 10.1. The highest BCUT2D eigenvalue weighted by atomic mass is 16.6. The van der Waals surface area contributed by atoms with E-state index in [2.05, 4.69) is 5.32 Å².